The van der Waals surface area contributed by atoms with Crippen LogP contribution in [0.25, 0.3) is 0 Å². The third kappa shape index (κ3) is 12.7. The first-order valence-electron chi connectivity index (χ1n) is 11.5. The predicted octanol–water partition coefficient (Wildman–Crippen LogP) is 7.94. The van der Waals surface area contributed by atoms with Crippen LogP contribution in [-0.2, 0) is 9.59 Å². The molecule has 0 fully saturated rings. The monoisotopic (exact) mass is 422 g/mol. The first kappa shape index (κ1) is 25.7. The summed E-state index contributed by atoms with van der Waals surface area (Å²) >= 11 is 6.31. The molecular weight excluding hydrogens is 384 g/mol. The van der Waals surface area contributed by atoms with Gasteiger partial charge in [-0.05, 0) is 24.1 Å². The Morgan fingerprint density at radius 2 is 1.24 bits per heavy atom. The van der Waals surface area contributed by atoms with Crippen molar-refractivity contribution in [2.75, 3.05) is 0 Å². The van der Waals surface area contributed by atoms with E-state index >= 15 is 0 Å². The first-order valence-corrected chi connectivity index (χ1v) is 11.9. The Balaban J connectivity index is 2.04. The second kappa shape index (κ2) is 16.4. The molecule has 1 aromatic rings. The van der Waals surface area contributed by atoms with Crippen molar-refractivity contribution in [3.63, 3.8) is 0 Å². The molecule has 3 nitrogen and oxygen atoms in total. The van der Waals surface area contributed by atoms with Gasteiger partial charge in [0.25, 0.3) is 0 Å². The fourth-order valence-corrected chi connectivity index (χ4v) is 3.75. The van der Waals surface area contributed by atoms with Gasteiger partial charge in [-0.3, -0.25) is 9.59 Å². The Morgan fingerprint density at radius 1 is 0.793 bits per heavy atom. The lowest BCUT2D eigenvalue weighted by Gasteiger charge is -2.10. The van der Waals surface area contributed by atoms with Crippen LogP contribution in [0.2, 0.25) is 0 Å². The Kier molecular flexibility index (Phi) is 14.6. The average Bonchev–Trinajstić information content (AvgIpc) is 2.71. The Morgan fingerprint density at radius 3 is 1.69 bits per heavy atom. The highest BCUT2D eigenvalue weighted by Gasteiger charge is 2.17. The zero-order chi connectivity index (χ0) is 21.3. The van der Waals surface area contributed by atoms with Gasteiger partial charge in [-0.2, -0.15) is 0 Å². The van der Waals surface area contributed by atoms with E-state index < -0.39 is 5.38 Å². The fourth-order valence-electron chi connectivity index (χ4n) is 3.50. The number of carbonyl (C=O) groups is 2. The van der Waals surface area contributed by atoms with Crippen LogP contribution >= 0.6 is 11.6 Å². The first-order chi connectivity index (χ1) is 14.0. The summed E-state index contributed by atoms with van der Waals surface area (Å²) in [6, 6.07) is 6.84. The molecule has 29 heavy (non-hydrogen) atoms. The van der Waals surface area contributed by atoms with E-state index in [-0.39, 0.29) is 11.8 Å². The maximum absolute atomic E-state index is 12.3. The number of ether oxygens (including phenoxy) is 1. The summed E-state index contributed by atoms with van der Waals surface area (Å²) in [5, 5.41) is -0.626. The second-order valence-electron chi connectivity index (χ2n) is 7.98. The van der Waals surface area contributed by atoms with Gasteiger partial charge in [-0.25, -0.2) is 0 Å². The van der Waals surface area contributed by atoms with Crippen molar-refractivity contribution in [2.24, 2.45) is 0 Å². The minimum Gasteiger partial charge on any atom is -0.427 e. The van der Waals surface area contributed by atoms with Crippen molar-refractivity contribution in [2.45, 2.75) is 109 Å². The molecule has 164 valence electrons. The molecule has 0 aliphatic carbocycles. The van der Waals surface area contributed by atoms with E-state index in [4.69, 9.17) is 16.3 Å². The number of rotatable bonds is 17. The Bertz CT molecular complexity index is 568. The van der Waals surface area contributed by atoms with Gasteiger partial charge in [0.1, 0.15) is 11.1 Å². The molecule has 0 heterocycles. The molecule has 0 amide bonds. The Labute approximate surface area is 182 Å². The number of unbranched alkanes of at least 4 members (excludes halogenated alkanes) is 12. The molecule has 1 aromatic carbocycles. The lowest BCUT2D eigenvalue weighted by molar-refractivity contribution is -0.131. The molecule has 0 bridgehead atoms. The topological polar surface area (TPSA) is 43.4 Å². The predicted molar refractivity (Wildman–Crippen MR) is 122 cm³/mol. The van der Waals surface area contributed by atoms with Crippen LogP contribution in [0.5, 0.6) is 5.75 Å². The number of esters is 1. The molecule has 0 aromatic heterocycles. The van der Waals surface area contributed by atoms with Crippen LogP contribution in [0.15, 0.2) is 24.3 Å². The summed E-state index contributed by atoms with van der Waals surface area (Å²) < 4.78 is 5.00. The van der Waals surface area contributed by atoms with E-state index in [2.05, 4.69) is 6.92 Å². The number of halogens is 1. The number of alkyl halides is 1. The molecule has 0 saturated carbocycles. The van der Waals surface area contributed by atoms with Gasteiger partial charge in [0.05, 0.1) is 0 Å². The summed E-state index contributed by atoms with van der Waals surface area (Å²) in [6.07, 6.45) is 17.3. The molecule has 0 aliphatic heterocycles. The van der Waals surface area contributed by atoms with E-state index in [0.717, 1.165) is 18.4 Å². The SMILES string of the molecule is CCCCCCCCCCCCCCCC(=O)C(Cl)c1ccc(OC(C)=O)cc1. The molecule has 1 unspecified atom stereocenters. The summed E-state index contributed by atoms with van der Waals surface area (Å²) in [4.78, 5) is 23.2. The summed E-state index contributed by atoms with van der Waals surface area (Å²) in [7, 11) is 0. The van der Waals surface area contributed by atoms with Crippen molar-refractivity contribution in [1.29, 1.82) is 0 Å². The number of benzene rings is 1. The lowest BCUT2D eigenvalue weighted by atomic mass is 10.0. The maximum Gasteiger partial charge on any atom is 0.308 e. The molecule has 4 heteroatoms. The maximum atomic E-state index is 12.3. The van der Waals surface area contributed by atoms with Crippen LogP contribution in [0, 0.1) is 0 Å². The van der Waals surface area contributed by atoms with E-state index in [1.807, 2.05) is 0 Å². The highest BCUT2D eigenvalue weighted by molar-refractivity contribution is 6.31. The normalized spacial score (nSPS) is 12.0. The molecule has 0 aliphatic rings. The molecule has 0 spiro atoms. The number of carbonyl (C=O) groups excluding carboxylic acids is 2. The van der Waals surface area contributed by atoms with Gasteiger partial charge in [0, 0.05) is 13.3 Å². The van der Waals surface area contributed by atoms with E-state index in [0.29, 0.717) is 12.2 Å². The van der Waals surface area contributed by atoms with Crippen LogP contribution in [0.3, 0.4) is 0 Å². The van der Waals surface area contributed by atoms with Gasteiger partial charge in [-0.1, -0.05) is 96.1 Å². The van der Waals surface area contributed by atoms with E-state index in [1.54, 1.807) is 24.3 Å². The molecule has 1 atom stereocenters. The van der Waals surface area contributed by atoms with Crippen LogP contribution < -0.4 is 4.74 Å². The molecular formula is C25H39ClO3. The minimum atomic E-state index is -0.626. The second-order valence-corrected chi connectivity index (χ2v) is 8.42. The van der Waals surface area contributed by atoms with E-state index in [9.17, 15) is 9.59 Å². The largest absolute Gasteiger partial charge is 0.427 e. The van der Waals surface area contributed by atoms with Crippen molar-refractivity contribution in [3.8, 4) is 5.75 Å². The van der Waals surface area contributed by atoms with Crippen molar-refractivity contribution in [1.82, 2.24) is 0 Å². The zero-order valence-electron chi connectivity index (χ0n) is 18.4. The van der Waals surface area contributed by atoms with Crippen molar-refractivity contribution in [3.05, 3.63) is 29.8 Å². The quantitative estimate of drug-likeness (QED) is 0.111. The number of hydrogen-bond acceptors (Lipinski definition) is 3. The summed E-state index contributed by atoms with van der Waals surface area (Å²) in [6.45, 7) is 3.62. The highest BCUT2D eigenvalue weighted by Crippen LogP contribution is 2.26. The number of Topliss-reactive ketones (excluding diaryl/α,β-unsaturated/α-hetero) is 1. The van der Waals surface area contributed by atoms with Crippen molar-refractivity contribution < 1.29 is 14.3 Å². The molecule has 0 radical (unpaired) electrons. The third-order valence-corrected chi connectivity index (χ3v) is 5.74. The smallest absolute Gasteiger partial charge is 0.308 e. The Hall–Kier alpha value is -1.35. The van der Waals surface area contributed by atoms with Crippen LogP contribution in [0.1, 0.15) is 115 Å². The van der Waals surface area contributed by atoms with Crippen LogP contribution in [0.4, 0.5) is 0 Å². The fraction of sp³-hybridized carbons (Fsp3) is 0.680. The van der Waals surface area contributed by atoms with E-state index in [1.165, 1.54) is 77.6 Å². The van der Waals surface area contributed by atoms with Gasteiger partial charge >= 0.3 is 5.97 Å². The van der Waals surface area contributed by atoms with Gasteiger partial charge in [-0.15, -0.1) is 11.6 Å². The van der Waals surface area contributed by atoms with Gasteiger partial charge < -0.3 is 4.74 Å². The standard InChI is InChI=1S/C25H39ClO3/c1-3-4-5-6-7-8-9-10-11-12-13-14-15-16-24(28)25(26)22-17-19-23(20-18-22)29-21(2)27/h17-20,25H,3-16H2,1-2H3. The van der Waals surface area contributed by atoms with Crippen LogP contribution in [-0.4, -0.2) is 11.8 Å². The average molecular weight is 423 g/mol. The third-order valence-electron chi connectivity index (χ3n) is 5.24. The molecule has 0 saturated heterocycles. The highest BCUT2D eigenvalue weighted by atomic mass is 35.5. The lowest BCUT2D eigenvalue weighted by Crippen LogP contribution is -2.07. The van der Waals surface area contributed by atoms with Gasteiger partial charge in [0.2, 0.25) is 0 Å². The molecule has 1 rings (SSSR count). The zero-order valence-corrected chi connectivity index (χ0v) is 19.1. The minimum absolute atomic E-state index is 0.0648. The summed E-state index contributed by atoms with van der Waals surface area (Å²) in [5.74, 6) is 0.169. The molecule has 0 N–H and O–H groups in total. The van der Waals surface area contributed by atoms with Gasteiger partial charge in [0.15, 0.2) is 5.78 Å². The number of ketones is 1. The summed E-state index contributed by atoms with van der Waals surface area (Å²) in [5.41, 5.74) is 0.752. The number of hydrogen-bond donors (Lipinski definition) is 0. The van der Waals surface area contributed by atoms with Crippen molar-refractivity contribution >= 4 is 23.4 Å².